The first-order valence-electron chi connectivity index (χ1n) is 7.92. The van der Waals surface area contributed by atoms with Gasteiger partial charge < -0.3 is 10.4 Å². The molecule has 2 N–H and O–H groups in total. The van der Waals surface area contributed by atoms with Gasteiger partial charge in [0.25, 0.3) is 0 Å². The van der Waals surface area contributed by atoms with Crippen molar-refractivity contribution in [1.29, 1.82) is 0 Å². The molecule has 1 aliphatic rings. The van der Waals surface area contributed by atoms with Gasteiger partial charge in [-0.05, 0) is 19.4 Å². The maximum Gasteiger partial charge on any atom is 0.237 e. The number of rotatable bonds is 6. The molecule has 0 aromatic heterocycles. The average molecular weight is 322 g/mol. The summed E-state index contributed by atoms with van der Waals surface area (Å²) >= 11 is 1.93. The third kappa shape index (κ3) is 5.00. The summed E-state index contributed by atoms with van der Waals surface area (Å²) in [5, 5.41) is 13.2. The Balaban J connectivity index is 1.82. The van der Waals surface area contributed by atoms with Gasteiger partial charge in [-0.25, -0.2) is 0 Å². The van der Waals surface area contributed by atoms with Crippen molar-refractivity contribution in [2.24, 2.45) is 0 Å². The Kier molecular flexibility index (Phi) is 6.73. The van der Waals surface area contributed by atoms with Crippen LogP contribution < -0.4 is 5.32 Å². The van der Waals surface area contributed by atoms with Crippen molar-refractivity contribution in [3.63, 3.8) is 0 Å². The SMILES string of the molecule is CC(NC(=O)C(C)N1CCSCC1)C(O)Cc1ccccc1. The largest absolute Gasteiger partial charge is 0.391 e. The van der Waals surface area contributed by atoms with E-state index >= 15 is 0 Å². The molecule has 0 bridgehead atoms. The van der Waals surface area contributed by atoms with Crippen LogP contribution in [0.15, 0.2) is 30.3 Å². The number of hydrogen-bond acceptors (Lipinski definition) is 4. The minimum atomic E-state index is -0.574. The summed E-state index contributed by atoms with van der Waals surface area (Å²) in [4.78, 5) is 14.5. The van der Waals surface area contributed by atoms with Gasteiger partial charge in [0.1, 0.15) is 0 Å². The molecule has 3 atom stereocenters. The molecule has 1 amide bonds. The fraction of sp³-hybridized carbons (Fsp3) is 0.588. The minimum Gasteiger partial charge on any atom is -0.391 e. The summed E-state index contributed by atoms with van der Waals surface area (Å²) < 4.78 is 0. The van der Waals surface area contributed by atoms with E-state index in [9.17, 15) is 9.90 Å². The van der Waals surface area contributed by atoms with Crippen molar-refractivity contribution in [1.82, 2.24) is 10.2 Å². The van der Waals surface area contributed by atoms with E-state index < -0.39 is 6.10 Å². The average Bonchev–Trinajstić information content (AvgIpc) is 2.55. The van der Waals surface area contributed by atoms with Gasteiger partial charge in [0.05, 0.1) is 18.2 Å². The molecule has 0 saturated carbocycles. The number of carbonyl (C=O) groups is 1. The highest BCUT2D eigenvalue weighted by Crippen LogP contribution is 2.12. The molecule has 0 radical (unpaired) electrons. The van der Waals surface area contributed by atoms with Crippen molar-refractivity contribution in [2.45, 2.75) is 38.5 Å². The predicted molar refractivity (Wildman–Crippen MR) is 92.1 cm³/mol. The normalized spacial score (nSPS) is 20.1. The molecule has 1 saturated heterocycles. The lowest BCUT2D eigenvalue weighted by Crippen LogP contribution is -2.52. The zero-order valence-corrected chi connectivity index (χ0v) is 14.2. The molecule has 122 valence electrons. The Labute approximate surface area is 137 Å². The quantitative estimate of drug-likeness (QED) is 0.834. The van der Waals surface area contributed by atoms with Gasteiger partial charge in [-0.3, -0.25) is 9.69 Å². The number of nitrogens with zero attached hydrogens (tertiary/aromatic N) is 1. The first kappa shape index (κ1) is 17.3. The smallest absolute Gasteiger partial charge is 0.237 e. The Hall–Kier alpha value is -1.04. The minimum absolute atomic E-state index is 0.00603. The molecule has 5 heteroatoms. The van der Waals surface area contributed by atoms with E-state index in [2.05, 4.69) is 10.2 Å². The predicted octanol–water partition coefficient (Wildman–Crippen LogP) is 1.53. The molecule has 3 unspecified atom stereocenters. The number of aliphatic hydroxyl groups is 1. The second kappa shape index (κ2) is 8.56. The molecule has 1 aliphatic heterocycles. The van der Waals surface area contributed by atoms with E-state index in [0.29, 0.717) is 6.42 Å². The van der Waals surface area contributed by atoms with Gasteiger partial charge in [0.15, 0.2) is 0 Å². The fourth-order valence-electron chi connectivity index (χ4n) is 2.60. The second-order valence-corrected chi connectivity index (χ2v) is 7.10. The molecule has 1 aromatic rings. The second-order valence-electron chi connectivity index (χ2n) is 5.88. The van der Waals surface area contributed by atoms with Gasteiger partial charge >= 0.3 is 0 Å². The lowest BCUT2D eigenvalue weighted by molar-refractivity contribution is -0.127. The topological polar surface area (TPSA) is 52.6 Å². The van der Waals surface area contributed by atoms with Crippen LogP contribution in [0.3, 0.4) is 0 Å². The first-order valence-corrected chi connectivity index (χ1v) is 9.07. The van der Waals surface area contributed by atoms with E-state index in [-0.39, 0.29) is 18.0 Å². The van der Waals surface area contributed by atoms with Crippen LogP contribution in [0.5, 0.6) is 0 Å². The molecule has 1 heterocycles. The molecule has 1 fully saturated rings. The fourth-order valence-corrected chi connectivity index (χ4v) is 3.54. The first-order chi connectivity index (χ1) is 10.6. The lowest BCUT2D eigenvalue weighted by Gasteiger charge is -2.32. The maximum absolute atomic E-state index is 12.3. The van der Waals surface area contributed by atoms with E-state index in [0.717, 1.165) is 30.2 Å². The standard InChI is InChI=1S/C17H26N2O2S/c1-13(16(20)12-15-6-4-3-5-7-15)18-17(21)14(2)19-8-10-22-11-9-19/h3-7,13-14,16,20H,8-12H2,1-2H3,(H,18,21). The molecule has 0 aliphatic carbocycles. The van der Waals surface area contributed by atoms with Crippen molar-refractivity contribution in [2.75, 3.05) is 24.6 Å². The third-order valence-corrected chi connectivity index (χ3v) is 5.15. The zero-order chi connectivity index (χ0) is 15.9. The van der Waals surface area contributed by atoms with Gasteiger partial charge in [-0.1, -0.05) is 30.3 Å². The molecular formula is C17H26N2O2S. The van der Waals surface area contributed by atoms with Gasteiger partial charge in [0, 0.05) is 31.0 Å². The molecule has 1 aromatic carbocycles. The van der Waals surface area contributed by atoms with Crippen LogP contribution in [0.4, 0.5) is 0 Å². The van der Waals surface area contributed by atoms with Gasteiger partial charge in [-0.15, -0.1) is 0 Å². The highest BCUT2D eigenvalue weighted by atomic mass is 32.2. The third-order valence-electron chi connectivity index (χ3n) is 4.21. The summed E-state index contributed by atoms with van der Waals surface area (Å²) in [5.74, 6) is 2.18. The van der Waals surface area contributed by atoms with Crippen LogP contribution in [-0.4, -0.2) is 58.7 Å². The van der Waals surface area contributed by atoms with Crippen molar-refractivity contribution in [3.05, 3.63) is 35.9 Å². The maximum atomic E-state index is 12.3. The monoisotopic (exact) mass is 322 g/mol. The lowest BCUT2D eigenvalue weighted by atomic mass is 10.0. The summed E-state index contributed by atoms with van der Waals surface area (Å²) in [6, 6.07) is 9.47. The summed E-state index contributed by atoms with van der Waals surface area (Å²) in [7, 11) is 0. The van der Waals surface area contributed by atoms with Crippen LogP contribution in [0.1, 0.15) is 19.4 Å². The van der Waals surface area contributed by atoms with Crippen LogP contribution in [0, 0.1) is 0 Å². The van der Waals surface area contributed by atoms with Crippen LogP contribution >= 0.6 is 11.8 Å². The van der Waals surface area contributed by atoms with E-state index in [1.807, 2.05) is 55.9 Å². The molecular weight excluding hydrogens is 296 g/mol. The Morgan fingerprint density at radius 3 is 2.55 bits per heavy atom. The van der Waals surface area contributed by atoms with Crippen LogP contribution in [-0.2, 0) is 11.2 Å². The molecule has 22 heavy (non-hydrogen) atoms. The van der Waals surface area contributed by atoms with E-state index in [4.69, 9.17) is 0 Å². The van der Waals surface area contributed by atoms with Gasteiger partial charge in [0.2, 0.25) is 5.91 Å². The number of thioether (sulfide) groups is 1. The molecule has 2 rings (SSSR count). The summed E-state index contributed by atoms with van der Waals surface area (Å²) in [5.41, 5.74) is 1.08. The van der Waals surface area contributed by atoms with Crippen molar-refractivity contribution < 1.29 is 9.90 Å². The molecule has 4 nitrogen and oxygen atoms in total. The van der Waals surface area contributed by atoms with Crippen LogP contribution in [0.2, 0.25) is 0 Å². The number of nitrogens with one attached hydrogen (secondary N) is 1. The summed E-state index contributed by atoms with van der Waals surface area (Å²) in [6.45, 7) is 5.73. The van der Waals surface area contributed by atoms with Gasteiger partial charge in [-0.2, -0.15) is 11.8 Å². The van der Waals surface area contributed by atoms with E-state index in [1.54, 1.807) is 0 Å². The number of hydrogen-bond donors (Lipinski definition) is 2. The molecule has 0 spiro atoms. The zero-order valence-electron chi connectivity index (χ0n) is 13.4. The highest BCUT2D eigenvalue weighted by Gasteiger charge is 2.25. The highest BCUT2D eigenvalue weighted by molar-refractivity contribution is 7.99. The number of carbonyl (C=O) groups excluding carboxylic acids is 1. The Bertz CT molecular complexity index is 463. The Morgan fingerprint density at radius 2 is 1.91 bits per heavy atom. The number of amides is 1. The Morgan fingerprint density at radius 1 is 1.27 bits per heavy atom. The van der Waals surface area contributed by atoms with Crippen LogP contribution in [0.25, 0.3) is 0 Å². The van der Waals surface area contributed by atoms with Crippen molar-refractivity contribution in [3.8, 4) is 0 Å². The number of aliphatic hydroxyl groups excluding tert-OH is 1. The number of benzene rings is 1. The summed E-state index contributed by atoms with van der Waals surface area (Å²) in [6.07, 6.45) is -0.0210. The van der Waals surface area contributed by atoms with E-state index in [1.165, 1.54) is 0 Å². The van der Waals surface area contributed by atoms with Crippen molar-refractivity contribution >= 4 is 17.7 Å².